The summed E-state index contributed by atoms with van der Waals surface area (Å²) in [5, 5.41) is 2.95. The fourth-order valence-electron chi connectivity index (χ4n) is 4.31. The Balaban J connectivity index is 1.39. The molecule has 0 bridgehead atoms. The molecule has 2 heterocycles. The van der Waals surface area contributed by atoms with Gasteiger partial charge in [-0.3, -0.25) is 19.4 Å². The van der Waals surface area contributed by atoms with Gasteiger partial charge in [-0.1, -0.05) is 49.4 Å². The number of nitrogens with zero attached hydrogens (tertiary/aromatic N) is 4. The number of nitrogens with one attached hydrogen (secondary N) is 1. The van der Waals surface area contributed by atoms with Gasteiger partial charge in [0.25, 0.3) is 0 Å². The first-order chi connectivity index (χ1) is 16.1. The van der Waals surface area contributed by atoms with Crippen molar-refractivity contribution in [1.82, 2.24) is 24.7 Å². The zero-order valence-electron chi connectivity index (χ0n) is 19.4. The number of aryl methyl sites for hydroxylation is 1. The SMILES string of the molecule is CCCNC(=O)CN1CCN(Cc2nc3ccccc3n2CCC(=O)c2ccccc2)CC1. The van der Waals surface area contributed by atoms with Crippen LogP contribution >= 0.6 is 0 Å². The summed E-state index contributed by atoms with van der Waals surface area (Å²) in [5.74, 6) is 1.25. The van der Waals surface area contributed by atoms with E-state index in [1.54, 1.807) is 0 Å². The lowest BCUT2D eigenvalue weighted by atomic mass is 10.1. The largest absolute Gasteiger partial charge is 0.355 e. The minimum atomic E-state index is 0.107. The van der Waals surface area contributed by atoms with Gasteiger partial charge in [0.15, 0.2) is 5.78 Å². The van der Waals surface area contributed by atoms with Crippen LogP contribution in [0.5, 0.6) is 0 Å². The lowest BCUT2D eigenvalue weighted by Crippen LogP contribution is -2.49. The highest BCUT2D eigenvalue weighted by Gasteiger charge is 2.21. The van der Waals surface area contributed by atoms with Gasteiger partial charge < -0.3 is 9.88 Å². The second kappa shape index (κ2) is 11.2. The number of rotatable bonds is 10. The number of fused-ring (bicyclic) bond motifs is 1. The maximum atomic E-state index is 12.7. The van der Waals surface area contributed by atoms with Crippen molar-refractivity contribution in [2.75, 3.05) is 39.3 Å². The number of carbonyl (C=O) groups is 2. The van der Waals surface area contributed by atoms with Crippen LogP contribution in [-0.4, -0.2) is 70.3 Å². The molecule has 7 nitrogen and oxygen atoms in total. The average molecular weight is 448 g/mol. The Morgan fingerprint density at radius 1 is 0.939 bits per heavy atom. The van der Waals surface area contributed by atoms with E-state index >= 15 is 0 Å². The van der Waals surface area contributed by atoms with Gasteiger partial charge in [0, 0.05) is 51.3 Å². The summed E-state index contributed by atoms with van der Waals surface area (Å²) in [4.78, 5) is 34.2. The quantitative estimate of drug-likeness (QED) is 0.484. The predicted molar refractivity (Wildman–Crippen MR) is 130 cm³/mol. The van der Waals surface area contributed by atoms with E-state index in [2.05, 4.69) is 32.7 Å². The molecule has 1 saturated heterocycles. The first kappa shape index (κ1) is 23.1. The van der Waals surface area contributed by atoms with E-state index in [4.69, 9.17) is 4.98 Å². The van der Waals surface area contributed by atoms with Crippen molar-refractivity contribution >= 4 is 22.7 Å². The third kappa shape index (κ3) is 6.06. The number of piperazine rings is 1. The van der Waals surface area contributed by atoms with E-state index in [-0.39, 0.29) is 11.7 Å². The van der Waals surface area contributed by atoms with Crippen molar-refractivity contribution in [1.29, 1.82) is 0 Å². The molecule has 0 radical (unpaired) electrons. The van der Waals surface area contributed by atoms with Crippen molar-refractivity contribution in [3.63, 3.8) is 0 Å². The number of hydrogen-bond acceptors (Lipinski definition) is 5. The molecule has 174 valence electrons. The molecule has 3 aromatic rings. The van der Waals surface area contributed by atoms with Crippen molar-refractivity contribution in [2.45, 2.75) is 32.9 Å². The molecular weight excluding hydrogens is 414 g/mol. The van der Waals surface area contributed by atoms with Gasteiger partial charge in [0.05, 0.1) is 24.1 Å². The van der Waals surface area contributed by atoms with Crippen molar-refractivity contribution in [3.8, 4) is 0 Å². The van der Waals surface area contributed by atoms with Gasteiger partial charge in [0.2, 0.25) is 5.91 Å². The topological polar surface area (TPSA) is 70.5 Å². The normalized spacial score (nSPS) is 15.1. The summed E-state index contributed by atoms with van der Waals surface area (Å²) in [6.45, 7) is 8.14. The number of para-hydroxylation sites is 2. The molecular formula is C26H33N5O2. The third-order valence-corrected chi connectivity index (χ3v) is 6.16. The van der Waals surface area contributed by atoms with Gasteiger partial charge in [-0.15, -0.1) is 0 Å². The molecule has 1 N–H and O–H groups in total. The first-order valence-corrected chi connectivity index (χ1v) is 11.9. The lowest BCUT2D eigenvalue weighted by molar-refractivity contribution is -0.122. The fourth-order valence-corrected chi connectivity index (χ4v) is 4.31. The van der Waals surface area contributed by atoms with Gasteiger partial charge >= 0.3 is 0 Å². The van der Waals surface area contributed by atoms with E-state index in [0.29, 0.717) is 19.5 Å². The second-order valence-electron chi connectivity index (χ2n) is 8.61. The fraction of sp³-hybridized carbons (Fsp3) is 0.423. The van der Waals surface area contributed by atoms with Crippen molar-refractivity contribution < 1.29 is 9.59 Å². The standard InChI is InChI=1S/C26H33N5O2/c1-2-13-27-26(33)20-30-17-15-29(16-18-30)19-25-28-22-10-6-7-11-23(22)31(25)14-12-24(32)21-8-4-3-5-9-21/h3-11H,2,12-20H2,1H3,(H,27,33). The Bertz CT molecular complexity index is 1070. The van der Waals surface area contributed by atoms with E-state index in [1.165, 1.54) is 0 Å². The number of aromatic nitrogens is 2. The number of imidazole rings is 1. The van der Waals surface area contributed by atoms with Gasteiger partial charge in [-0.25, -0.2) is 4.98 Å². The monoisotopic (exact) mass is 447 g/mol. The van der Waals surface area contributed by atoms with Crippen LogP contribution in [0.4, 0.5) is 0 Å². The molecule has 1 aliphatic rings. The van der Waals surface area contributed by atoms with Crippen molar-refractivity contribution in [2.24, 2.45) is 0 Å². The zero-order valence-corrected chi connectivity index (χ0v) is 19.4. The second-order valence-corrected chi connectivity index (χ2v) is 8.61. The van der Waals surface area contributed by atoms with Gasteiger partial charge in [-0.05, 0) is 18.6 Å². The summed E-state index contributed by atoms with van der Waals surface area (Å²) in [6, 6.07) is 17.6. The predicted octanol–water partition coefficient (Wildman–Crippen LogP) is 2.95. The Kier molecular flexibility index (Phi) is 7.86. The molecule has 7 heteroatoms. The Labute approximate surface area is 195 Å². The highest BCUT2D eigenvalue weighted by atomic mass is 16.2. The summed E-state index contributed by atoms with van der Waals surface area (Å²) < 4.78 is 2.20. The van der Waals surface area contributed by atoms with Crippen LogP contribution in [0, 0.1) is 0 Å². The van der Waals surface area contributed by atoms with E-state index in [9.17, 15) is 9.59 Å². The summed E-state index contributed by atoms with van der Waals surface area (Å²) in [6.07, 6.45) is 1.40. The lowest BCUT2D eigenvalue weighted by Gasteiger charge is -2.34. The highest BCUT2D eigenvalue weighted by Crippen LogP contribution is 2.19. The summed E-state index contributed by atoms with van der Waals surface area (Å²) in [5.41, 5.74) is 2.79. The molecule has 1 fully saturated rings. The highest BCUT2D eigenvalue weighted by molar-refractivity contribution is 5.96. The smallest absolute Gasteiger partial charge is 0.234 e. The average Bonchev–Trinajstić information content (AvgIpc) is 3.19. The number of carbonyl (C=O) groups excluding carboxylic acids is 2. The minimum absolute atomic E-state index is 0.107. The van der Waals surface area contributed by atoms with E-state index in [1.807, 2.05) is 48.5 Å². The van der Waals surface area contributed by atoms with E-state index in [0.717, 1.165) is 68.1 Å². The molecule has 0 aliphatic carbocycles. The molecule has 1 aliphatic heterocycles. The summed E-state index contributed by atoms with van der Waals surface area (Å²) in [7, 11) is 0. The molecule has 33 heavy (non-hydrogen) atoms. The van der Waals surface area contributed by atoms with Crippen LogP contribution in [0.15, 0.2) is 54.6 Å². The van der Waals surface area contributed by atoms with Crippen LogP contribution in [0.1, 0.15) is 35.9 Å². The van der Waals surface area contributed by atoms with Crippen LogP contribution in [0.2, 0.25) is 0 Å². The number of hydrogen-bond donors (Lipinski definition) is 1. The minimum Gasteiger partial charge on any atom is -0.355 e. The Morgan fingerprint density at radius 3 is 2.39 bits per heavy atom. The molecule has 0 unspecified atom stereocenters. The number of Topliss-reactive ketones (excluding diaryl/α,β-unsaturated/α-hetero) is 1. The maximum absolute atomic E-state index is 12.7. The molecule has 2 aromatic carbocycles. The molecule has 0 spiro atoms. The number of benzene rings is 2. The Hall–Kier alpha value is -3.03. The Morgan fingerprint density at radius 2 is 1.64 bits per heavy atom. The first-order valence-electron chi connectivity index (χ1n) is 11.9. The van der Waals surface area contributed by atoms with Crippen LogP contribution in [0.25, 0.3) is 11.0 Å². The number of ketones is 1. The molecule has 0 atom stereocenters. The van der Waals surface area contributed by atoms with E-state index < -0.39 is 0 Å². The molecule has 4 rings (SSSR count). The van der Waals surface area contributed by atoms with Crippen LogP contribution in [0.3, 0.4) is 0 Å². The van der Waals surface area contributed by atoms with Crippen LogP contribution < -0.4 is 5.32 Å². The zero-order chi connectivity index (χ0) is 23.0. The van der Waals surface area contributed by atoms with Crippen LogP contribution in [-0.2, 0) is 17.9 Å². The molecule has 1 amide bonds. The number of amides is 1. The third-order valence-electron chi connectivity index (χ3n) is 6.16. The maximum Gasteiger partial charge on any atom is 0.234 e. The molecule has 1 aromatic heterocycles. The molecule has 0 saturated carbocycles. The van der Waals surface area contributed by atoms with Gasteiger partial charge in [-0.2, -0.15) is 0 Å². The summed E-state index contributed by atoms with van der Waals surface area (Å²) >= 11 is 0. The van der Waals surface area contributed by atoms with Crippen molar-refractivity contribution in [3.05, 3.63) is 66.0 Å². The van der Waals surface area contributed by atoms with Gasteiger partial charge in [0.1, 0.15) is 5.82 Å².